The number of halogens is 1. The van der Waals surface area contributed by atoms with Crippen LogP contribution in [0.4, 0.5) is 5.69 Å². The molecule has 1 heterocycles. The van der Waals surface area contributed by atoms with E-state index in [2.05, 4.69) is 5.32 Å². The van der Waals surface area contributed by atoms with Crippen molar-refractivity contribution in [3.8, 4) is 0 Å². The lowest BCUT2D eigenvalue weighted by Crippen LogP contribution is -2.26. The SMILES string of the molecule is CNc1ccc(S(=O)(=O)N(C)Cc2ccc(Cl)s2)cc1. The molecule has 1 aromatic heterocycles. The van der Waals surface area contributed by atoms with Gasteiger partial charge in [-0.1, -0.05) is 11.6 Å². The standard InChI is InChI=1S/C13H15ClN2O2S2/c1-15-10-3-6-12(7-4-10)20(17,18)16(2)9-11-5-8-13(14)19-11/h3-8,15H,9H2,1-2H3. The summed E-state index contributed by atoms with van der Waals surface area (Å²) in [4.78, 5) is 1.19. The molecule has 7 heteroatoms. The minimum absolute atomic E-state index is 0.279. The van der Waals surface area contributed by atoms with Crippen molar-refractivity contribution in [3.63, 3.8) is 0 Å². The first-order chi connectivity index (χ1) is 9.43. The predicted octanol–water partition coefficient (Wildman–Crippen LogP) is 3.26. The van der Waals surface area contributed by atoms with Gasteiger partial charge in [-0.25, -0.2) is 8.42 Å². The van der Waals surface area contributed by atoms with Crippen LogP contribution in [0.5, 0.6) is 0 Å². The van der Waals surface area contributed by atoms with E-state index in [9.17, 15) is 8.42 Å². The summed E-state index contributed by atoms with van der Waals surface area (Å²) in [6, 6.07) is 10.3. The van der Waals surface area contributed by atoms with Crippen LogP contribution in [0.2, 0.25) is 4.34 Å². The Morgan fingerprint density at radius 3 is 2.35 bits per heavy atom. The molecule has 1 aromatic carbocycles. The van der Waals surface area contributed by atoms with Gasteiger partial charge in [-0.05, 0) is 36.4 Å². The molecule has 0 saturated carbocycles. The van der Waals surface area contributed by atoms with Crippen molar-refractivity contribution in [1.29, 1.82) is 0 Å². The van der Waals surface area contributed by atoms with E-state index in [4.69, 9.17) is 11.6 Å². The van der Waals surface area contributed by atoms with Gasteiger partial charge in [0.2, 0.25) is 10.0 Å². The van der Waals surface area contributed by atoms with E-state index >= 15 is 0 Å². The average Bonchev–Trinajstić information content (AvgIpc) is 2.84. The quantitative estimate of drug-likeness (QED) is 0.915. The topological polar surface area (TPSA) is 49.4 Å². The van der Waals surface area contributed by atoms with Gasteiger partial charge >= 0.3 is 0 Å². The molecule has 2 aromatic rings. The second kappa shape index (κ2) is 6.13. The van der Waals surface area contributed by atoms with Crippen LogP contribution in [0.1, 0.15) is 4.88 Å². The van der Waals surface area contributed by atoms with E-state index in [-0.39, 0.29) is 4.90 Å². The van der Waals surface area contributed by atoms with E-state index in [1.807, 2.05) is 6.07 Å². The maximum Gasteiger partial charge on any atom is 0.243 e. The molecule has 0 unspecified atom stereocenters. The Kier molecular flexibility index (Phi) is 4.70. The van der Waals surface area contributed by atoms with Crippen molar-refractivity contribution in [2.45, 2.75) is 11.4 Å². The Hall–Kier alpha value is -1.08. The van der Waals surface area contributed by atoms with E-state index in [0.717, 1.165) is 10.6 Å². The number of thiophene rings is 1. The Labute approximate surface area is 128 Å². The first-order valence-corrected chi connectivity index (χ1v) is 8.55. The van der Waals surface area contributed by atoms with Gasteiger partial charge in [-0.15, -0.1) is 11.3 Å². The molecule has 0 atom stereocenters. The first-order valence-electron chi connectivity index (χ1n) is 5.92. The van der Waals surface area contributed by atoms with Gasteiger partial charge in [0.1, 0.15) is 0 Å². The molecule has 0 aliphatic rings. The van der Waals surface area contributed by atoms with Gasteiger partial charge in [0.15, 0.2) is 0 Å². The number of anilines is 1. The van der Waals surface area contributed by atoms with Gasteiger partial charge in [-0.3, -0.25) is 0 Å². The van der Waals surface area contributed by atoms with Crippen LogP contribution < -0.4 is 5.32 Å². The molecule has 0 bridgehead atoms. The third kappa shape index (κ3) is 3.32. The molecule has 0 amide bonds. The maximum absolute atomic E-state index is 12.4. The van der Waals surface area contributed by atoms with E-state index in [1.54, 1.807) is 44.4 Å². The van der Waals surface area contributed by atoms with E-state index in [0.29, 0.717) is 10.9 Å². The smallest absolute Gasteiger partial charge is 0.243 e. The number of benzene rings is 1. The number of nitrogens with one attached hydrogen (secondary N) is 1. The van der Waals surface area contributed by atoms with Gasteiger partial charge in [0.25, 0.3) is 0 Å². The highest BCUT2D eigenvalue weighted by molar-refractivity contribution is 7.89. The number of hydrogen-bond acceptors (Lipinski definition) is 4. The van der Waals surface area contributed by atoms with Gasteiger partial charge in [0, 0.05) is 31.2 Å². The number of hydrogen-bond donors (Lipinski definition) is 1. The summed E-state index contributed by atoms with van der Waals surface area (Å²) in [5.74, 6) is 0. The second-order valence-electron chi connectivity index (χ2n) is 4.24. The Balaban J connectivity index is 2.19. The molecule has 1 N–H and O–H groups in total. The molecule has 0 saturated heterocycles. The zero-order valence-electron chi connectivity index (χ0n) is 11.1. The summed E-state index contributed by atoms with van der Waals surface area (Å²) in [5.41, 5.74) is 0.872. The summed E-state index contributed by atoms with van der Waals surface area (Å²) in [6.07, 6.45) is 0. The van der Waals surface area contributed by atoms with Crippen LogP contribution in [0.3, 0.4) is 0 Å². The number of rotatable bonds is 5. The highest BCUT2D eigenvalue weighted by Gasteiger charge is 2.21. The largest absolute Gasteiger partial charge is 0.388 e. The molecule has 0 aliphatic heterocycles. The van der Waals surface area contributed by atoms with Gasteiger partial charge in [0.05, 0.1) is 9.23 Å². The van der Waals surface area contributed by atoms with Crippen molar-refractivity contribution in [2.24, 2.45) is 0 Å². The molecule has 0 aliphatic carbocycles. The summed E-state index contributed by atoms with van der Waals surface area (Å²) in [7, 11) is -0.131. The van der Waals surface area contributed by atoms with Crippen LogP contribution in [-0.2, 0) is 16.6 Å². The van der Waals surface area contributed by atoms with Crippen molar-refractivity contribution >= 4 is 38.6 Å². The summed E-state index contributed by atoms with van der Waals surface area (Å²) < 4.78 is 26.8. The molecule has 4 nitrogen and oxygen atoms in total. The fraction of sp³-hybridized carbons (Fsp3) is 0.231. The fourth-order valence-electron chi connectivity index (χ4n) is 1.71. The zero-order chi connectivity index (χ0) is 14.8. The molecule has 0 radical (unpaired) electrons. The van der Waals surface area contributed by atoms with Crippen molar-refractivity contribution in [3.05, 3.63) is 45.6 Å². The zero-order valence-corrected chi connectivity index (χ0v) is 13.5. The van der Waals surface area contributed by atoms with Crippen LogP contribution in [0.25, 0.3) is 0 Å². The number of nitrogens with zero attached hydrogens (tertiary/aromatic N) is 1. The molecule has 0 spiro atoms. The highest BCUT2D eigenvalue weighted by atomic mass is 35.5. The van der Waals surface area contributed by atoms with Crippen LogP contribution in [-0.4, -0.2) is 26.8 Å². The fourth-order valence-corrected chi connectivity index (χ4v) is 4.09. The molecular weight excluding hydrogens is 316 g/mol. The summed E-state index contributed by atoms with van der Waals surface area (Å²) in [6.45, 7) is 0.313. The molecular formula is C13H15ClN2O2S2. The van der Waals surface area contributed by atoms with Crippen molar-refractivity contribution < 1.29 is 8.42 Å². The lowest BCUT2D eigenvalue weighted by molar-refractivity contribution is 0.469. The van der Waals surface area contributed by atoms with Crippen LogP contribution in [0, 0.1) is 0 Å². The monoisotopic (exact) mass is 330 g/mol. The lowest BCUT2D eigenvalue weighted by atomic mass is 10.3. The third-order valence-corrected chi connectivity index (χ3v) is 5.89. The second-order valence-corrected chi connectivity index (χ2v) is 8.09. The molecule has 2 rings (SSSR count). The minimum Gasteiger partial charge on any atom is -0.388 e. The van der Waals surface area contributed by atoms with Gasteiger partial charge < -0.3 is 5.32 Å². The Morgan fingerprint density at radius 1 is 1.20 bits per heavy atom. The minimum atomic E-state index is -3.48. The molecule has 108 valence electrons. The first kappa shape index (κ1) is 15.3. The van der Waals surface area contributed by atoms with Gasteiger partial charge in [-0.2, -0.15) is 4.31 Å². The predicted molar refractivity (Wildman–Crippen MR) is 84.0 cm³/mol. The van der Waals surface area contributed by atoms with Crippen LogP contribution >= 0.6 is 22.9 Å². The lowest BCUT2D eigenvalue weighted by Gasteiger charge is -2.16. The molecule has 0 fully saturated rings. The molecule has 20 heavy (non-hydrogen) atoms. The van der Waals surface area contributed by atoms with E-state index in [1.165, 1.54) is 15.6 Å². The Bertz CT molecular complexity index is 681. The average molecular weight is 331 g/mol. The van der Waals surface area contributed by atoms with Crippen molar-refractivity contribution in [1.82, 2.24) is 4.31 Å². The normalized spacial score (nSPS) is 11.8. The maximum atomic E-state index is 12.4. The van der Waals surface area contributed by atoms with Crippen LogP contribution in [0.15, 0.2) is 41.3 Å². The highest BCUT2D eigenvalue weighted by Crippen LogP contribution is 2.25. The third-order valence-electron chi connectivity index (χ3n) is 2.86. The summed E-state index contributed by atoms with van der Waals surface area (Å²) >= 11 is 7.23. The van der Waals surface area contributed by atoms with Crippen molar-refractivity contribution in [2.75, 3.05) is 19.4 Å². The Morgan fingerprint density at radius 2 is 1.85 bits per heavy atom. The van der Waals surface area contributed by atoms with E-state index < -0.39 is 10.0 Å². The number of sulfonamides is 1. The summed E-state index contributed by atoms with van der Waals surface area (Å²) in [5, 5.41) is 2.96.